The largest absolute Gasteiger partial charge is 0.481 e. The van der Waals surface area contributed by atoms with Gasteiger partial charge >= 0.3 is 5.97 Å². The average molecular weight is 275 g/mol. The van der Waals surface area contributed by atoms with Crippen molar-refractivity contribution < 1.29 is 19.1 Å². The molecule has 7 heteroatoms. The molecule has 2 rings (SSSR count). The Labute approximate surface area is 114 Å². The molecule has 0 atom stereocenters. The first kappa shape index (κ1) is 13.7. The first-order chi connectivity index (χ1) is 9.56. The molecule has 0 saturated carbocycles. The maximum Gasteiger partial charge on any atom is 0.303 e. The van der Waals surface area contributed by atoms with E-state index in [0.717, 1.165) is 5.56 Å². The Morgan fingerprint density at radius 3 is 2.80 bits per heavy atom. The molecule has 2 aromatic rings. The highest BCUT2D eigenvalue weighted by molar-refractivity contribution is 5.93. The molecule has 7 nitrogen and oxygen atoms in total. The number of aromatic nitrogens is 2. The molecule has 1 aromatic heterocycles. The van der Waals surface area contributed by atoms with Crippen molar-refractivity contribution in [2.24, 2.45) is 0 Å². The monoisotopic (exact) mass is 275 g/mol. The number of rotatable bonds is 5. The molecule has 104 valence electrons. The molecule has 0 bridgehead atoms. The fraction of sp³-hybridized carbons (Fsp3) is 0.231. The highest BCUT2D eigenvalue weighted by atomic mass is 16.4. The van der Waals surface area contributed by atoms with Gasteiger partial charge in [-0.05, 0) is 24.6 Å². The quantitative estimate of drug-likeness (QED) is 0.862. The lowest BCUT2D eigenvalue weighted by molar-refractivity contribution is -0.138. The van der Waals surface area contributed by atoms with Crippen LogP contribution >= 0.6 is 0 Å². The van der Waals surface area contributed by atoms with Crippen molar-refractivity contribution in [3.8, 4) is 11.5 Å². The van der Waals surface area contributed by atoms with E-state index in [2.05, 4.69) is 15.5 Å². The molecular formula is C13H13N3O4. The Bertz CT molecular complexity index is 623. The van der Waals surface area contributed by atoms with Gasteiger partial charge < -0.3 is 14.8 Å². The van der Waals surface area contributed by atoms with Crippen LogP contribution in [0.1, 0.15) is 18.4 Å². The highest BCUT2D eigenvalue weighted by Crippen LogP contribution is 2.23. The summed E-state index contributed by atoms with van der Waals surface area (Å²) in [5.74, 6) is -0.999. The molecule has 2 N–H and O–H groups in total. The smallest absolute Gasteiger partial charge is 0.303 e. The van der Waals surface area contributed by atoms with E-state index in [1.54, 1.807) is 12.1 Å². The number of aryl methyl sites for hydroxylation is 1. The maximum absolute atomic E-state index is 11.6. The Hall–Kier alpha value is -2.70. The predicted molar refractivity (Wildman–Crippen MR) is 70.0 cm³/mol. The summed E-state index contributed by atoms with van der Waals surface area (Å²) in [6.45, 7) is 1.84. The zero-order chi connectivity index (χ0) is 14.5. The SMILES string of the molecule is Cc1ccc(-c2nnco2)cc1NC(=O)CCC(=O)O. The molecule has 0 aliphatic carbocycles. The molecule has 0 unspecified atom stereocenters. The van der Waals surface area contributed by atoms with Gasteiger partial charge in [0, 0.05) is 17.7 Å². The van der Waals surface area contributed by atoms with Gasteiger partial charge in [0.1, 0.15) is 0 Å². The van der Waals surface area contributed by atoms with Crippen molar-refractivity contribution in [1.29, 1.82) is 0 Å². The van der Waals surface area contributed by atoms with Crippen LogP contribution in [0.2, 0.25) is 0 Å². The fourth-order valence-electron chi connectivity index (χ4n) is 1.62. The zero-order valence-corrected chi connectivity index (χ0v) is 10.8. The van der Waals surface area contributed by atoms with E-state index < -0.39 is 5.97 Å². The van der Waals surface area contributed by atoms with E-state index in [-0.39, 0.29) is 18.7 Å². The summed E-state index contributed by atoms with van der Waals surface area (Å²) in [6.07, 6.45) is 0.952. The normalized spacial score (nSPS) is 10.2. The molecule has 1 amide bonds. The number of aliphatic carboxylic acids is 1. The maximum atomic E-state index is 11.6. The summed E-state index contributed by atoms with van der Waals surface area (Å²) in [7, 11) is 0. The molecule has 1 heterocycles. The van der Waals surface area contributed by atoms with Gasteiger partial charge in [0.25, 0.3) is 0 Å². The predicted octanol–water partition coefficient (Wildman–Crippen LogP) is 1.85. The number of anilines is 1. The second kappa shape index (κ2) is 5.96. The van der Waals surface area contributed by atoms with Gasteiger partial charge in [-0.1, -0.05) is 6.07 Å². The third-order valence-corrected chi connectivity index (χ3v) is 2.68. The molecule has 1 aromatic carbocycles. The summed E-state index contributed by atoms with van der Waals surface area (Å²) in [5.41, 5.74) is 2.13. The lowest BCUT2D eigenvalue weighted by Gasteiger charge is -2.09. The number of nitrogens with zero attached hydrogens (tertiary/aromatic N) is 2. The summed E-state index contributed by atoms with van der Waals surface area (Å²) in [4.78, 5) is 22.1. The minimum atomic E-state index is -1.00. The number of carboxylic acid groups (broad SMARTS) is 1. The third kappa shape index (κ3) is 3.41. The number of hydrogen-bond acceptors (Lipinski definition) is 5. The molecule has 0 saturated heterocycles. The van der Waals surface area contributed by atoms with E-state index >= 15 is 0 Å². The van der Waals surface area contributed by atoms with Crippen molar-refractivity contribution in [2.75, 3.05) is 5.32 Å². The van der Waals surface area contributed by atoms with Gasteiger partial charge in [0.05, 0.1) is 6.42 Å². The number of carbonyl (C=O) groups is 2. The van der Waals surface area contributed by atoms with Gasteiger partial charge in [0.2, 0.25) is 18.2 Å². The summed E-state index contributed by atoms with van der Waals surface area (Å²) >= 11 is 0. The molecular weight excluding hydrogens is 262 g/mol. The highest BCUT2D eigenvalue weighted by Gasteiger charge is 2.10. The van der Waals surface area contributed by atoms with Gasteiger partial charge in [-0.25, -0.2) is 0 Å². The van der Waals surface area contributed by atoms with Crippen molar-refractivity contribution in [1.82, 2.24) is 10.2 Å². The Kier molecular flexibility index (Phi) is 4.09. The summed E-state index contributed by atoms with van der Waals surface area (Å²) in [5, 5.41) is 18.6. The van der Waals surface area contributed by atoms with Gasteiger partial charge in [-0.15, -0.1) is 10.2 Å². The van der Waals surface area contributed by atoms with Crippen LogP contribution in [0.25, 0.3) is 11.5 Å². The van der Waals surface area contributed by atoms with E-state index in [1.807, 2.05) is 13.0 Å². The molecule has 0 radical (unpaired) electrons. The number of carbonyl (C=O) groups excluding carboxylic acids is 1. The number of hydrogen-bond donors (Lipinski definition) is 2. The van der Waals surface area contributed by atoms with E-state index in [4.69, 9.17) is 9.52 Å². The molecule has 20 heavy (non-hydrogen) atoms. The summed E-state index contributed by atoms with van der Waals surface area (Å²) in [6, 6.07) is 5.32. The third-order valence-electron chi connectivity index (χ3n) is 2.68. The van der Waals surface area contributed by atoms with Crippen molar-refractivity contribution in [3.63, 3.8) is 0 Å². The first-order valence-electron chi connectivity index (χ1n) is 5.95. The molecule has 0 aliphatic heterocycles. The summed E-state index contributed by atoms with van der Waals surface area (Å²) < 4.78 is 5.09. The van der Waals surface area contributed by atoms with Crippen LogP contribution in [0.3, 0.4) is 0 Å². The lowest BCUT2D eigenvalue weighted by Crippen LogP contribution is -2.14. The van der Waals surface area contributed by atoms with Crippen LogP contribution in [0.15, 0.2) is 29.0 Å². The van der Waals surface area contributed by atoms with Crippen molar-refractivity contribution in [3.05, 3.63) is 30.2 Å². The van der Waals surface area contributed by atoms with Crippen LogP contribution in [-0.4, -0.2) is 27.2 Å². The van der Waals surface area contributed by atoms with Crippen molar-refractivity contribution in [2.45, 2.75) is 19.8 Å². The number of carboxylic acids is 1. The molecule has 0 aliphatic rings. The topological polar surface area (TPSA) is 105 Å². The van der Waals surface area contributed by atoms with Crippen LogP contribution in [0, 0.1) is 6.92 Å². The average Bonchev–Trinajstić information content (AvgIpc) is 2.93. The number of amides is 1. The van der Waals surface area contributed by atoms with Crippen LogP contribution < -0.4 is 5.32 Å². The van der Waals surface area contributed by atoms with E-state index in [9.17, 15) is 9.59 Å². The van der Waals surface area contributed by atoms with Crippen LogP contribution in [-0.2, 0) is 9.59 Å². The van der Waals surface area contributed by atoms with Gasteiger partial charge in [0.15, 0.2) is 0 Å². The Morgan fingerprint density at radius 2 is 2.15 bits per heavy atom. The van der Waals surface area contributed by atoms with E-state index in [1.165, 1.54) is 6.39 Å². The standard InChI is InChI=1S/C13H13N3O4/c1-8-2-3-9(13-16-14-7-20-13)6-10(8)15-11(17)4-5-12(18)19/h2-3,6-7H,4-5H2,1H3,(H,15,17)(H,18,19). The lowest BCUT2D eigenvalue weighted by atomic mass is 10.1. The van der Waals surface area contributed by atoms with Gasteiger partial charge in [-0.2, -0.15) is 0 Å². The minimum Gasteiger partial charge on any atom is -0.481 e. The minimum absolute atomic E-state index is 0.0699. The van der Waals surface area contributed by atoms with Crippen molar-refractivity contribution >= 4 is 17.6 Å². The Morgan fingerprint density at radius 1 is 1.35 bits per heavy atom. The molecule has 0 fully saturated rings. The zero-order valence-electron chi connectivity index (χ0n) is 10.8. The second-order valence-electron chi connectivity index (χ2n) is 4.22. The van der Waals surface area contributed by atoms with Crippen LogP contribution in [0.5, 0.6) is 0 Å². The fourth-order valence-corrected chi connectivity index (χ4v) is 1.62. The Balaban J connectivity index is 2.13. The number of nitrogens with one attached hydrogen (secondary N) is 1. The van der Waals surface area contributed by atoms with Crippen LogP contribution in [0.4, 0.5) is 5.69 Å². The second-order valence-corrected chi connectivity index (χ2v) is 4.22. The number of benzene rings is 1. The van der Waals surface area contributed by atoms with E-state index in [0.29, 0.717) is 17.1 Å². The molecule has 0 spiro atoms. The van der Waals surface area contributed by atoms with Gasteiger partial charge in [-0.3, -0.25) is 9.59 Å². The first-order valence-corrected chi connectivity index (χ1v) is 5.95.